The molecular weight excluding hydrogens is 254 g/mol. The van der Waals surface area contributed by atoms with Crippen LogP contribution in [0.5, 0.6) is 0 Å². The summed E-state index contributed by atoms with van der Waals surface area (Å²) < 4.78 is 1.55. The van der Waals surface area contributed by atoms with Crippen molar-refractivity contribution in [3.8, 4) is 5.69 Å². The number of primary amides is 1. The Bertz CT molecular complexity index is 854. The van der Waals surface area contributed by atoms with Gasteiger partial charge in [-0.25, -0.2) is 4.68 Å². The molecule has 5 nitrogen and oxygen atoms in total. The van der Waals surface area contributed by atoms with Crippen molar-refractivity contribution < 1.29 is 4.79 Å². The normalized spacial score (nSPS) is 10.6. The first-order chi connectivity index (χ1) is 9.68. The topological polar surface area (TPSA) is 78.0 Å². The molecule has 0 radical (unpaired) electrons. The number of rotatable bonds is 2. The average molecular weight is 265 g/mol. The predicted molar refractivity (Wildman–Crippen MR) is 75.9 cm³/mol. The van der Waals surface area contributed by atoms with Crippen molar-refractivity contribution in [2.24, 2.45) is 5.73 Å². The van der Waals surface area contributed by atoms with Crippen molar-refractivity contribution in [2.45, 2.75) is 0 Å². The van der Waals surface area contributed by atoms with Gasteiger partial charge in [-0.15, -0.1) is 0 Å². The molecule has 0 bridgehead atoms. The Balaban J connectivity index is 2.46. The van der Waals surface area contributed by atoms with Crippen molar-refractivity contribution in [1.82, 2.24) is 9.78 Å². The Labute approximate surface area is 114 Å². The summed E-state index contributed by atoms with van der Waals surface area (Å²) in [6.07, 6.45) is 0. The van der Waals surface area contributed by atoms with E-state index in [2.05, 4.69) is 5.10 Å². The van der Waals surface area contributed by atoms with Crippen LogP contribution in [-0.4, -0.2) is 15.7 Å². The van der Waals surface area contributed by atoms with Gasteiger partial charge in [-0.2, -0.15) is 5.10 Å². The molecular formula is C15H11N3O2. The molecule has 0 spiro atoms. The Morgan fingerprint density at radius 1 is 1.00 bits per heavy atom. The minimum atomic E-state index is -0.828. The number of amides is 1. The molecule has 1 amide bonds. The summed E-state index contributed by atoms with van der Waals surface area (Å²) in [7, 11) is 0. The van der Waals surface area contributed by atoms with Crippen LogP contribution in [0.25, 0.3) is 16.6 Å². The number of hydrogen-bond donors (Lipinski definition) is 1. The van der Waals surface area contributed by atoms with E-state index >= 15 is 0 Å². The Hall–Kier alpha value is -2.95. The molecule has 5 heteroatoms. The van der Waals surface area contributed by atoms with Gasteiger partial charge in [-0.05, 0) is 24.3 Å². The fourth-order valence-electron chi connectivity index (χ4n) is 2.10. The van der Waals surface area contributed by atoms with Gasteiger partial charge in [0.05, 0.1) is 16.6 Å². The van der Waals surface area contributed by atoms with Gasteiger partial charge in [-0.1, -0.05) is 30.3 Å². The van der Waals surface area contributed by atoms with Crippen molar-refractivity contribution in [2.75, 3.05) is 0 Å². The third-order valence-corrected chi connectivity index (χ3v) is 3.03. The highest BCUT2D eigenvalue weighted by atomic mass is 16.2. The van der Waals surface area contributed by atoms with Crippen LogP contribution in [0.3, 0.4) is 0 Å². The van der Waals surface area contributed by atoms with Gasteiger partial charge in [0.2, 0.25) is 5.43 Å². The second kappa shape index (κ2) is 4.62. The van der Waals surface area contributed by atoms with Gasteiger partial charge < -0.3 is 5.73 Å². The third-order valence-electron chi connectivity index (χ3n) is 3.03. The lowest BCUT2D eigenvalue weighted by atomic mass is 10.2. The highest BCUT2D eigenvalue weighted by Gasteiger charge is 2.15. The molecule has 0 aliphatic carbocycles. The van der Waals surface area contributed by atoms with Crippen LogP contribution in [0, 0.1) is 0 Å². The molecule has 0 aliphatic rings. The van der Waals surface area contributed by atoms with Crippen LogP contribution in [0.15, 0.2) is 59.4 Å². The number of hydrogen-bond acceptors (Lipinski definition) is 3. The minimum Gasteiger partial charge on any atom is -0.364 e. The van der Waals surface area contributed by atoms with Crippen molar-refractivity contribution >= 4 is 16.8 Å². The molecule has 3 aromatic rings. The summed E-state index contributed by atoms with van der Waals surface area (Å²) in [4.78, 5) is 23.6. The molecule has 98 valence electrons. The zero-order chi connectivity index (χ0) is 14.1. The van der Waals surface area contributed by atoms with Gasteiger partial charge in [-0.3, -0.25) is 9.59 Å². The number of nitrogens with two attached hydrogens (primary N) is 1. The molecule has 2 N–H and O–H groups in total. The first kappa shape index (κ1) is 12.1. The quantitative estimate of drug-likeness (QED) is 0.762. The van der Waals surface area contributed by atoms with Gasteiger partial charge in [0, 0.05) is 0 Å². The van der Waals surface area contributed by atoms with E-state index in [4.69, 9.17) is 5.73 Å². The van der Waals surface area contributed by atoms with Crippen LogP contribution in [0.2, 0.25) is 0 Å². The van der Waals surface area contributed by atoms with Crippen molar-refractivity contribution in [3.63, 3.8) is 0 Å². The van der Waals surface area contributed by atoms with Gasteiger partial charge in [0.15, 0.2) is 5.69 Å². The average Bonchev–Trinajstić information content (AvgIpc) is 2.48. The summed E-state index contributed by atoms with van der Waals surface area (Å²) in [5, 5.41) is 4.52. The molecule has 0 unspecified atom stereocenters. The number of carbonyl (C=O) groups is 1. The third kappa shape index (κ3) is 1.85. The van der Waals surface area contributed by atoms with E-state index in [9.17, 15) is 9.59 Å². The fraction of sp³-hybridized carbons (Fsp3) is 0. The summed E-state index contributed by atoms with van der Waals surface area (Å²) in [6, 6.07) is 16.3. The van der Waals surface area contributed by atoms with Gasteiger partial charge in [0.25, 0.3) is 5.91 Å². The predicted octanol–water partition coefficient (Wildman–Crippen LogP) is 1.48. The zero-order valence-electron chi connectivity index (χ0n) is 10.5. The number of nitrogens with zero attached hydrogens (tertiary/aromatic N) is 2. The lowest BCUT2D eigenvalue weighted by molar-refractivity contribution is 0.0993. The van der Waals surface area contributed by atoms with Crippen LogP contribution >= 0.6 is 0 Å². The summed E-state index contributed by atoms with van der Waals surface area (Å²) in [5.74, 6) is -0.828. The molecule has 0 aliphatic heterocycles. The molecule has 0 fully saturated rings. The highest BCUT2D eigenvalue weighted by Crippen LogP contribution is 2.14. The summed E-state index contributed by atoms with van der Waals surface area (Å²) in [6.45, 7) is 0. The maximum Gasteiger partial charge on any atom is 0.273 e. The second-order valence-corrected chi connectivity index (χ2v) is 4.31. The first-order valence-corrected chi connectivity index (χ1v) is 6.06. The second-order valence-electron chi connectivity index (χ2n) is 4.31. The van der Waals surface area contributed by atoms with E-state index in [1.54, 1.807) is 22.9 Å². The van der Waals surface area contributed by atoms with E-state index < -0.39 is 11.3 Å². The van der Waals surface area contributed by atoms with Crippen LogP contribution in [0.1, 0.15) is 10.5 Å². The van der Waals surface area contributed by atoms with E-state index in [1.807, 2.05) is 36.4 Å². The Morgan fingerprint density at radius 3 is 2.35 bits per heavy atom. The smallest absolute Gasteiger partial charge is 0.273 e. The number of aromatic nitrogens is 2. The van der Waals surface area contributed by atoms with Crippen LogP contribution in [-0.2, 0) is 0 Å². The zero-order valence-corrected chi connectivity index (χ0v) is 10.5. The highest BCUT2D eigenvalue weighted by molar-refractivity contribution is 5.94. The number of para-hydroxylation sites is 2. The van der Waals surface area contributed by atoms with Crippen molar-refractivity contribution in [3.05, 3.63) is 70.5 Å². The van der Waals surface area contributed by atoms with Gasteiger partial charge in [0.1, 0.15) is 0 Å². The lowest BCUT2D eigenvalue weighted by Gasteiger charge is -2.10. The molecule has 0 saturated carbocycles. The molecule has 1 aromatic heterocycles. The van der Waals surface area contributed by atoms with Crippen molar-refractivity contribution in [1.29, 1.82) is 0 Å². The number of carbonyl (C=O) groups excluding carboxylic acids is 1. The molecule has 1 heterocycles. The fourth-order valence-corrected chi connectivity index (χ4v) is 2.10. The van der Waals surface area contributed by atoms with E-state index in [-0.39, 0.29) is 5.69 Å². The standard InChI is InChI=1S/C15H11N3O2/c16-15(20)13-14(19)11-8-4-5-9-12(11)18(17-13)10-6-2-1-3-7-10/h1-9H,(H2,16,20). The Morgan fingerprint density at radius 2 is 1.65 bits per heavy atom. The van der Waals surface area contributed by atoms with Gasteiger partial charge >= 0.3 is 0 Å². The van der Waals surface area contributed by atoms with E-state index in [1.165, 1.54) is 0 Å². The summed E-state index contributed by atoms with van der Waals surface area (Å²) in [5.41, 5.74) is 5.93. The first-order valence-electron chi connectivity index (χ1n) is 6.06. The SMILES string of the molecule is NC(=O)c1nn(-c2ccccc2)c2ccccc2c1=O. The largest absolute Gasteiger partial charge is 0.364 e. The molecule has 0 saturated heterocycles. The number of benzene rings is 2. The molecule has 3 rings (SSSR count). The Kier molecular flexibility index (Phi) is 2.80. The van der Waals surface area contributed by atoms with E-state index in [0.717, 1.165) is 5.69 Å². The molecule has 2 aromatic carbocycles. The maximum absolute atomic E-state index is 12.2. The maximum atomic E-state index is 12.2. The molecule has 20 heavy (non-hydrogen) atoms. The lowest BCUT2D eigenvalue weighted by Crippen LogP contribution is -2.27. The molecule has 0 atom stereocenters. The minimum absolute atomic E-state index is 0.257. The van der Waals surface area contributed by atoms with Crippen LogP contribution < -0.4 is 11.2 Å². The summed E-state index contributed by atoms with van der Waals surface area (Å²) >= 11 is 0. The van der Waals surface area contributed by atoms with E-state index in [0.29, 0.717) is 10.9 Å². The monoisotopic (exact) mass is 265 g/mol. The number of fused-ring (bicyclic) bond motifs is 1. The van der Waals surface area contributed by atoms with Crippen LogP contribution in [0.4, 0.5) is 0 Å².